The molecule has 2 rings (SSSR count). The van der Waals surface area contributed by atoms with Crippen molar-refractivity contribution in [2.45, 2.75) is 46.5 Å². The van der Waals surface area contributed by atoms with Gasteiger partial charge in [-0.25, -0.2) is 0 Å². The molecular weight excluding hydrogens is 252 g/mol. The molecule has 1 aromatic carbocycles. The summed E-state index contributed by atoms with van der Waals surface area (Å²) in [5.41, 5.74) is 3.94. The second-order valence-electron chi connectivity index (χ2n) is 5.92. The topological polar surface area (TPSA) is 51.2 Å². The molecule has 20 heavy (non-hydrogen) atoms. The van der Waals surface area contributed by atoms with Crippen molar-refractivity contribution in [2.75, 3.05) is 0 Å². The highest BCUT2D eigenvalue weighted by molar-refractivity contribution is 6.15. The van der Waals surface area contributed by atoms with Crippen LogP contribution >= 0.6 is 0 Å². The summed E-state index contributed by atoms with van der Waals surface area (Å²) in [6, 6.07) is 4.00. The Morgan fingerprint density at radius 1 is 1.15 bits per heavy atom. The maximum Gasteiger partial charge on any atom is 0.151 e. The summed E-state index contributed by atoms with van der Waals surface area (Å²) in [7, 11) is 0. The number of aryl methyl sites for hydroxylation is 3. The van der Waals surface area contributed by atoms with Crippen molar-refractivity contribution in [3.05, 3.63) is 34.4 Å². The van der Waals surface area contributed by atoms with Crippen LogP contribution in [0, 0.1) is 26.7 Å². The monoisotopic (exact) mass is 272 g/mol. The first kappa shape index (κ1) is 14.6. The summed E-state index contributed by atoms with van der Waals surface area (Å²) in [6.07, 6.45) is 0.390. The lowest BCUT2D eigenvalue weighted by molar-refractivity contribution is -0.127. The van der Waals surface area contributed by atoms with E-state index in [-0.39, 0.29) is 30.2 Å². The largest absolute Gasteiger partial charge is 0.300 e. The molecule has 1 aromatic rings. The molecule has 1 aliphatic carbocycles. The molecule has 0 bridgehead atoms. The van der Waals surface area contributed by atoms with Gasteiger partial charge in [0.05, 0.1) is 0 Å². The Bertz CT molecular complexity index is 575. The van der Waals surface area contributed by atoms with Crippen LogP contribution in [0.5, 0.6) is 0 Å². The van der Waals surface area contributed by atoms with E-state index in [1.807, 2.05) is 32.9 Å². The normalized spacial score (nSPS) is 22.4. The Hall–Kier alpha value is -1.77. The van der Waals surface area contributed by atoms with Crippen LogP contribution in [0.1, 0.15) is 47.9 Å². The predicted octanol–water partition coefficient (Wildman–Crippen LogP) is 2.83. The van der Waals surface area contributed by atoms with Gasteiger partial charge in [0.25, 0.3) is 0 Å². The number of hydrogen-bond acceptors (Lipinski definition) is 3. The zero-order chi connectivity index (χ0) is 15.0. The maximum absolute atomic E-state index is 12.5. The molecule has 0 amide bonds. The molecule has 0 N–H and O–H groups in total. The zero-order valence-electron chi connectivity index (χ0n) is 12.4. The number of hydrogen-bond donors (Lipinski definition) is 0. The minimum absolute atomic E-state index is 0.0332. The van der Waals surface area contributed by atoms with Crippen molar-refractivity contribution in [1.29, 1.82) is 0 Å². The molecule has 2 unspecified atom stereocenters. The van der Waals surface area contributed by atoms with E-state index in [4.69, 9.17) is 0 Å². The van der Waals surface area contributed by atoms with E-state index < -0.39 is 11.8 Å². The highest BCUT2D eigenvalue weighted by atomic mass is 16.2. The first-order valence-corrected chi connectivity index (χ1v) is 6.95. The van der Waals surface area contributed by atoms with Crippen LogP contribution in [0.2, 0.25) is 0 Å². The lowest BCUT2D eigenvalue weighted by Crippen LogP contribution is -2.18. The molecule has 0 radical (unpaired) electrons. The molecule has 0 aliphatic heterocycles. The molecule has 0 saturated heterocycles. The molecule has 3 heteroatoms. The third-order valence-corrected chi connectivity index (χ3v) is 4.02. The lowest BCUT2D eigenvalue weighted by atomic mass is 9.86. The average Bonchev–Trinajstić information content (AvgIpc) is 2.54. The van der Waals surface area contributed by atoms with E-state index in [0.717, 1.165) is 22.3 Å². The molecule has 2 atom stereocenters. The minimum atomic E-state index is -0.667. The van der Waals surface area contributed by atoms with E-state index >= 15 is 0 Å². The zero-order valence-corrected chi connectivity index (χ0v) is 12.4. The van der Waals surface area contributed by atoms with Gasteiger partial charge in [-0.1, -0.05) is 17.7 Å². The van der Waals surface area contributed by atoms with Gasteiger partial charge >= 0.3 is 0 Å². The molecule has 0 aromatic heterocycles. The number of rotatable bonds is 3. The summed E-state index contributed by atoms with van der Waals surface area (Å²) in [5, 5.41) is 0. The van der Waals surface area contributed by atoms with Crippen molar-refractivity contribution < 1.29 is 14.4 Å². The fourth-order valence-electron chi connectivity index (χ4n) is 3.33. The fourth-order valence-corrected chi connectivity index (χ4v) is 3.33. The first-order valence-electron chi connectivity index (χ1n) is 6.95. The van der Waals surface area contributed by atoms with E-state index in [2.05, 4.69) is 0 Å². The first-order chi connectivity index (χ1) is 9.31. The number of ketones is 3. The van der Waals surface area contributed by atoms with Crippen molar-refractivity contribution in [2.24, 2.45) is 5.92 Å². The quantitative estimate of drug-likeness (QED) is 0.795. The third-order valence-electron chi connectivity index (χ3n) is 4.02. The Labute approximate surface area is 119 Å². The second kappa shape index (κ2) is 5.31. The Morgan fingerprint density at radius 2 is 1.70 bits per heavy atom. The van der Waals surface area contributed by atoms with Crippen LogP contribution < -0.4 is 0 Å². The molecule has 1 fully saturated rings. The van der Waals surface area contributed by atoms with Crippen molar-refractivity contribution in [3.63, 3.8) is 0 Å². The second-order valence-corrected chi connectivity index (χ2v) is 5.92. The van der Waals surface area contributed by atoms with Crippen molar-refractivity contribution in [1.82, 2.24) is 0 Å². The van der Waals surface area contributed by atoms with Gasteiger partial charge in [-0.05, 0) is 44.4 Å². The molecule has 0 spiro atoms. The van der Waals surface area contributed by atoms with Gasteiger partial charge in [-0.15, -0.1) is 0 Å². The highest BCUT2D eigenvalue weighted by Gasteiger charge is 2.43. The molecular formula is C17H20O3. The molecule has 1 aliphatic rings. The van der Waals surface area contributed by atoms with Crippen molar-refractivity contribution >= 4 is 17.3 Å². The van der Waals surface area contributed by atoms with Crippen LogP contribution in [0.15, 0.2) is 12.1 Å². The summed E-state index contributed by atoms with van der Waals surface area (Å²) >= 11 is 0. The Kier molecular flexibility index (Phi) is 3.89. The number of Topliss-reactive ketones (excluding diaryl/α,β-unsaturated/α-hetero) is 3. The number of benzene rings is 1. The van der Waals surface area contributed by atoms with Crippen LogP contribution in [0.25, 0.3) is 0 Å². The van der Waals surface area contributed by atoms with E-state index in [1.165, 1.54) is 6.92 Å². The van der Waals surface area contributed by atoms with Gasteiger partial charge in [0, 0.05) is 18.8 Å². The smallest absolute Gasteiger partial charge is 0.151 e. The molecule has 0 heterocycles. The average molecular weight is 272 g/mol. The van der Waals surface area contributed by atoms with Gasteiger partial charge in [0.2, 0.25) is 0 Å². The lowest BCUT2D eigenvalue weighted by Gasteiger charge is -2.16. The summed E-state index contributed by atoms with van der Waals surface area (Å²) in [6.45, 7) is 7.34. The summed E-state index contributed by atoms with van der Waals surface area (Å²) in [5.74, 6) is -1.25. The summed E-state index contributed by atoms with van der Waals surface area (Å²) in [4.78, 5) is 35.9. The van der Waals surface area contributed by atoms with Gasteiger partial charge < -0.3 is 4.79 Å². The van der Waals surface area contributed by atoms with Gasteiger partial charge in [0.1, 0.15) is 17.5 Å². The fraction of sp³-hybridized carbons (Fsp3) is 0.471. The standard InChI is InChI=1S/C17H20O3/c1-9-5-10(2)15(11(3)6-9)16-14(19)8-13(17(16)20)7-12(4)18/h5-6,13,16H,7-8H2,1-4H3. The van der Waals surface area contributed by atoms with E-state index in [9.17, 15) is 14.4 Å². The van der Waals surface area contributed by atoms with Crippen LogP contribution in [0.4, 0.5) is 0 Å². The molecule has 1 saturated carbocycles. The van der Waals surface area contributed by atoms with E-state index in [1.54, 1.807) is 0 Å². The number of carbonyl (C=O) groups excluding carboxylic acids is 3. The van der Waals surface area contributed by atoms with Crippen LogP contribution in [-0.4, -0.2) is 17.3 Å². The Morgan fingerprint density at radius 3 is 2.20 bits per heavy atom. The van der Waals surface area contributed by atoms with Gasteiger partial charge in [-0.2, -0.15) is 0 Å². The molecule has 106 valence electrons. The van der Waals surface area contributed by atoms with Crippen molar-refractivity contribution in [3.8, 4) is 0 Å². The van der Waals surface area contributed by atoms with Gasteiger partial charge in [0.15, 0.2) is 5.78 Å². The molecule has 3 nitrogen and oxygen atoms in total. The summed E-state index contributed by atoms with van der Waals surface area (Å²) < 4.78 is 0. The minimum Gasteiger partial charge on any atom is -0.300 e. The van der Waals surface area contributed by atoms with Gasteiger partial charge in [-0.3, -0.25) is 9.59 Å². The maximum atomic E-state index is 12.5. The van der Waals surface area contributed by atoms with Crippen LogP contribution in [0.3, 0.4) is 0 Å². The third kappa shape index (κ3) is 2.58. The van der Waals surface area contributed by atoms with E-state index in [0.29, 0.717) is 0 Å². The predicted molar refractivity (Wildman–Crippen MR) is 76.8 cm³/mol. The van der Waals surface area contributed by atoms with Crippen LogP contribution in [-0.2, 0) is 14.4 Å². The SMILES string of the molecule is CC(=O)CC1CC(=O)C(c2c(C)cc(C)cc2C)C1=O. The highest BCUT2D eigenvalue weighted by Crippen LogP contribution is 2.37. The Balaban J connectivity index is 2.41. The number of carbonyl (C=O) groups is 3.